The van der Waals surface area contributed by atoms with Gasteiger partial charge in [0.2, 0.25) is 0 Å². The number of nitrogens with zero attached hydrogens (tertiary/aromatic N) is 2. The van der Waals surface area contributed by atoms with E-state index < -0.39 is 23.6 Å². The first kappa shape index (κ1) is 21.0. The molecule has 28 heavy (non-hydrogen) atoms. The van der Waals surface area contributed by atoms with Crippen LogP contribution in [-0.4, -0.2) is 29.9 Å². The van der Waals surface area contributed by atoms with Crippen molar-refractivity contribution in [3.8, 4) is 6.07 Å². The fourth-order valence-electron chi connectivity index (χ4n) is 2.45. The van der Waals surface area contributed by atoms with E-state index in [0.29, 0.717) is 11.1 Å². The van der Waals surface area contributed by atoms with Crippen LogP contribution in [0.4, 0.5) is 13.2 Å². The lowest BCUT2D eigenvalue weighted by atomic mass is 10.1. The number of halogens is 3. The molecule has 0 bridgehead atoms. The van der Waals surface area contributed by atoms with Crippen molar-refractivity contribution in [3.63, 3.8) is 0 Å². The van der Waals surface area contributed by atoms with E-state index in [-0.39, 0.29) is 25.3 Å². The summed E-state index contributed by atoms with van der Waals surface area (Å²) in [5, 5.41) is 8.84. The van der Waals surface area contributed by atoms with Crippen LogP contribution in [0.25, 0.3) is 0 Å². The number of rotatable bonds is 6. The van der Waals surface area contributed by atoms with E-state index in [0.717, 1.165) is 12.1 Å². The van der Waals surface area contributed by atoms with Crippen LogP contribution < -0.4 is 0 Å². The van der Waals surface area contributed by atoms with Gasteiger partial charge in [-0.15, -0.1) is 0 Å². The molecule has 1 amide bonds. The number of benzene rings is 2. The molecule has 2 aromatic rings. The molecule has 0 aliphatic carbocycles. The Morgan fingerprint density at radius 3 is 2.18 bits per heavy atom. The Bertz CT molecular complexity index is 870. The summed E-state index contributed by atoms with van der Waals surface area (Å²) in [4.78, 5) is 25.8. The number of hydrogen-bond donors (Lipinski definition) is 0. The summed E-state index contributed by atoms with van der Waals surface area (Å²) in [7, 11) is 0. The zero-order chi connectivity index (χ0) is 20.7. The second kappa shape index (κ2) is 9.04. The SMILES string of the molecule is CCOC(=O)CN(Cc1ccc(C(F)(F)F)cc1)C(=O)c1ccc(C#N)cc1. The maximum atomic E-state index is 12.8. The van der Waals surface area contributed by atoms with Crippen molar-refractivity contribution in [2.45, 2.75) is 19.6 Å². The average Bonchev–Trinajstić information content (AvgIpc) is 2.67. The zero-order valence-electron chi connectivity index (χ0n) is 15.0. The molecular weight excluding hydrogens is 373 g/mol. The molecule has 0 fully saturated rings. The normalized spacial score (nSPS) is 10.8. The summed E-state index contributed by atoms with van der Waals surface area (Å²) < 4.78 is 43.0. The van der Waals surface area contributed by atoms with Crippen molar-refractivity contribution in [3.05, 3.63) is 70.8 Å². The Hall–Kier alpha value is -3.34. The Morgan fingerprint density at radius 2 is 1.68 bits per heavy atom. The molecule has 0 spiro atoms. The van der Waals surface area contributed by atoms with Gasteiger partial charge in [-0.05, 0) is 48.9 Å². The summed E-state index contributed by atoms with van der Waals surface area (Å²) in [6, 6.07) is 12.1. The Kier molecular flexibility index (Phi) is 6.77. The Labute approximate surface area is 159 Å². The molecule has 146 valence electrons. The van der Waals surface area contributed by atoms with E-state index in [1.807, 2.05) is 6.07 Å². The first-order valence-corrected chi connectivity index (χ1v) is 8.35. The molecule has 0 saturated heterocycles. The van der Waals surface area contributed by atoms with Crippen LogP contribution in [0.5, 0.6) is 0 Å². The lowest BCUT2D eigenvalue weighted by Crippen LogP contribution is -2.36. The number of esters is 1. The molecule has 2 rings (SSSR count). The van der Waals surface area contributed by atoms with E-state index >= 15 is 0 Å². The lowest BCUT2D eigenvalue weighted by molar-refractivity contribution is -0.144. The smallest absolute Gasteiger partial charge is 0.416 e. The highest BCUT2D eigenvalue weighted by atomic mass is 19.4. The minimum absolute atomic E-state index is 0.0736. The van der Waals surface area contributed by atoms with Gasteiger partial charge in [-0.25, -0.2) is 0 Å². The molecule has 0 aliphatic heterocycles. The van der Waals surface area contributed by atoms with Crippen molar-refractivity contribution in [1.82, 2.24) is 4.90 Å². The van der Waals surface area contributed by atoms with Gasteiger partial charge in [0, 0.05) is 12.1 Å². The quantitative estimate of drug-likeness (QED) is 0.704. The minimum Gasteiger partial charge on any atom is -0.465 e. The maximum Gasteiger partial charge on any atom is 0.416 e. The molecule has 0 aromatic heterocycles. The van der Waals surface area contributed by atoms with Crippen LogP contribution in [0, 0.1) is 11.3 Å². The first-order valence-electron chi connectivity index (χ1n) is 8.35. The Balaban J connectivity index is 2.24. The molecule has 0 aliphatic rings. The van der Waals surface area contributed by atoms with Crippen LogP contribution in [0.2, 0.25) is 0 Å². The molecule has 0 unspecified atom stereocenters. The predicted octanol–water partition coefficient (Wildman–Crippen LogP) is 3.78. The number of carbonyl (C=O) groups excluding carboxylic acids is 2. The standard InChI is InChI=1S/C20H17F3N2O3/c1-2-28-18(26)13-25(19(27)16-7-3-14(11-24)4-8-16)12-15-5-9-17(10-6-15)20(21,22)23/h3-10H,2,12-13H2,1H3. The summed E-state index contributed by atoms with van der Waals surface area (Å²) in [6.45, 7) is 1.34. The predicted molar refractivity (Wildman–Crippen MR) is 94.0 cm³/mol. The number of alkyl halides is 3. The third-order valence-corrected chi connectivity index (χ3v) is 3.83. The van der Waals surface area contributed by atoms with E-state index in [1.54, 1.807) is 6.92 Å². The van der Waals surface area contributed by atoms with Gasteiger partial charge in [0.15, 0.2) is 0 Å². The second-order valence-electron chi connectivity index (χ2n) is 5.85. The van der Waals surface area contributed by atoms with Gasteiger partial charge < -0.3 is 9.64 Å². The van der Waals surface area contributed by atoms with Gasteiger partial charge in [-0.3, -0.25) is 9.59 Å². The third kappa shape index (κ3) is 5.58. The largest absolute Gasteiger partial charge is 0.465 e. The molecule has 8 heteroatoms. The first-order chi connectivity index (χ1) is 13.2. The van der Waals surface area contributed by atoms with Crippen LogP contribution >= 0.6 is 0 Å². The summed E-state index contributed by atoms with van der Waals surface area (Å²) in [6.07, 6.45) is -4.46. The van der Waals surface area contributed by atoms with Gasteiger partial charge in [0.1, 0.15) is 6.54 Å². The molecular formula is C20H17F3N2O3. The second-order valence-corrected chi connectivity index (χ2v) is 5.85. The van der Waals surface area contributed by atoms with Crippen LogP contribution in [0.3, 0.4) is 0 Å². The molecule has 0 N–H and O–H groups in total. The van der Waals surface area contributed by atoms with Crippen molar-refractivity contribution < 1.29 is 27.5 Å². The van der Waals surface area contributed by atoms with Crippen molar-refractivity contribution in [2.75, 3.05) is 13.2 Å². The molecule has 0 heterocycles. The number of amides is 1. The van der Waals surface area contributed by atoms with Crippen LogP contribution in [0.15, 0.2) is 48.5 Å². The fraction of sp³-hybridized carbons (Fsp3) is 0.250. The van der Waals surface area contributed by atoms with Crippen molar-refractivity contribution in [2.24, 2.45) is 0 Å². The van der Waals surface area contributed by atoms with E-state index in [4.69, 9.17) is 10.00 Å². The van der Waals surface area contributed by atoms with Crippen LogP contribution in [-0.2, 0) is 22.3 Å². The molecule has 2 aromatic carbocycles. The van der Waals surface area contributed by atoms with Gasteiger partial charge >= 0.3 is 12.1 Å². The van der Waals surface area contributed by atoms with Crippen LogP contribution in [0.1, 0.15) is 34.0 Å². The Morgan fingerprint density at radius 1 is 1.07 bits per heavy atom. The highest BCUT2D eigenvalue weighted by Gasteiger charge is 2.30. The zero-order valence-corrected chi connectivity index (χ0v) is 15.0. The number of carbonyl (C=O) groups is 2. The average molecular weight is 390 g/mol. The van der Waals surface area contributed by atoms with Gasteiger partial charge in [0.25, 0.3) is 5.91 Å². The monoisotopic (exact) mass is 390 g/mol. The molecule has 0 atom stereocenters. The highest BCUT2D eigenvalue weighted by molar-refractivity contribution is 5.96. The topological polar surface area (TPSA) is 70.4 Å². The highest BCUT2D eigenvalue weighted by Crippen LogP contribution is 2.29. The molecule has 0 saturated carbocycles. The summed E-state index contributed by atoms with van der Waals surface area (Å²) in [5.41, 5.74) is 0.248. The van der Waals surface area contributed by atoms with Crippen molar-refractivity contribution in [1.29, 1.82) is 5.26 Å². The van der Waals surface area contributed by atoms with Gasteiger partial charge in [0.05, 0.1) is 23.8 Å². The molecule has 0 radical (unpaired) electrons. The van der Waals surface area contributed by atoms with E-state index in [1.165, 1.54) is 41.3 Å². The lowest BCUT2D eigenvalue weighted by Gasteiger charge is -2.22. The summed E-state index contributed by atoms with van der Waals surface area (Å²) in [5.74, 6) is -1.13. The summed E-state index contributed by atoms with van der Waals surface area (Å²) >= 11 is 0. The third-order valence-electron chi connectivity index (χ3n) is 3.83. The fourth-order valence-corrected chi connectivity index (χ4v) is 2.45. The van der Waals surface area contributed by atoms with E-state index in [2.05, 4.69) is 0 Å². The number of ether oxygens (including phenoxy) is 1. The van der Waals surface area contributed by atoms with Gasteiger partial charge in [-0.1, -0.05) is 12.1 Å². The maximum absolute atomic E-state index is 12.8. The van der Waals surface area contributed by atoms with E-state index in [9.17, 15) is 22.8 Å². The van der Waals surface area contributed by atoms with Gasteiger partial charge in [-0.2, -0.15) is 18.4 Å². The number of nitriles is 1. The number of hydrogen-bond acceptors (Lipinski definition) is 4. The van der Waals surface area contributed by atoms with Crippen molar-refractivity contribution >= 4 is 11.9 Å². The molecule has 5 nitrogen and oxygen atoms in total. The minimum atomic E-state index is -4.46.